The van der Waals surface area contributed by atoms with E-state index in [-0.39, 0.29) is 11.5 Å². The van der Waals surface area contributed by atoms with E-state index >= 15 is 0 Å². The maximum atomic E-state index is 10.7. The van der Waals surface area contributed by atoms with E-state index in [1.807, 2.05) is 0 Å². The molecular formula is C6H6O2S. The largest absolute Gasteiger partial charge is 0.461 e. The average Bonchev–Trinajstić information content (AvgIpc) is 2.37. The summed E-state index contributed by atoms with van der Waals surface area (Å²) >= 11 is 3.79. The number of ketones is 1. The van der Waals surface area contributed by atoms with Gasteiger partial charge in [-0.1, -0.05) is 0 Å². The van der Waals surface area contributed by atoms with Crippen molar-refractivity contribution < 1.29 is 9.21 Å². The molecule has 0 fully saturated rings. The van der Waals surface area contributed by atoms with E-state index in [1.165, 1.54) is 6.26 Å². The monoisotopic (exact) mass is 142 g/mol. The summed E-state index contributed by atoms with van der Waals surface area (Å²) in [6, 6.07) is 3.30. The van der Waals surface area contributed by atoms with Crippen molar-refractivity contribution in [3.8, 4) is 0 Å². The third-order valence-corrected chi connectivity index (χ3v) is 1.23. The molecule has 0 aliphatic rings. The summed E-state index contributed by atoms with van der Waals surface area (Å²) in [5.41, 5.74) is 0. The summed E-state index contributed by atoms with van der Waals surface area (Å²) in [6.45, 7) is 0. The molecule has 1 aromatic heterocycles. The Hall–Kier alpha value is -0.700. The molecular weight excluding hydrogens is 136 g/mol. The Bertz CT molecular complexity index is 191. The molecule has 0 saturated carbocycles. The first kappa shape index (κ1) is 6.42. The quantitative estimate of drug-likeness (QED) is 0.499. The summed E-state index contributed by atoms with van der Waals surface area (Å²) in [7, 11) is 0. The van der Waals surface area contributed by atoms with Gasteiger partial charge in [-0.05, 0) is 12.1 Å². The molecule has 0 aliphatic heterocycles. The molecule has 1 rings (SSSR count). The zero-order chi connectivity index (χ0) is 6.69. The van der Waals surface area contributed by atoms with Crippen LogP contribution in [0.1, 0.15) is 10.6 Å². The van der Waals surface area contributed by atoms with Gasteiger partial charge in [0.25, 0.3) is 0 Å². The Morgan fingerprint density at radius 2 is 2.56 bits per heavy atom. The molecule has 0 bridgehead atoms. The molecule has 2 nitrogen and oxygen atoms in total. The fourth-order valence-corrected chi connectivity index (χ4v) is 0.671. The smallest absolute Gasteiger partial charge is 0.207 e. The van der Waals surface area contributed by atoms with Crippen LogP contribution in [0.5, 0.6) is 0 Å². The fraction of sp³-hybridized carbons (Fsp3) is 0.167. The van der Waals surface area contributed by atoms with E-state index in [0.717, 1.165) is 0 Å². The van der Waals surface area contributed by atoms with Crippen LogP contribution in [0.3, 0.4) is 0 Å². The number of hydrogen-bond acceptors (Lipinski definition) is 3. The summed E-state index contributed by atoms with van der Waals surface area (Å²) in [5, 5.41) is 0. The van der Waals surface area contributed by atoms with Crippen LogP contribution in [0.2, 0.25) is 0 Å². The SMILES string of the molecule is O=C(CS)c1ccco1. The van der Waals surface area contributed by atoms with Crippen molar-refractivity contribution in [2.75, 3.05) is 5.75 Å². The van der Waals surface area contributed by atoms with Crippen molar-refractivity contribution >= 4 is 18.4 Å². The number of carbonyl (C=O) groups excluding carboxylic acids is 1. The van der Waals surface area contributed by atoms with Gasteiger partial charge in [-0.15, -0.1) is 0 Å². The zero-order valence-electron chi connectivity index (χ0n) is 4.70. The fourth-order valence-electron chi connectivity index (χ4n) is 0.515. The van der Waals surface area contributed by atoms with Crippen LogP contribution in [0.25, 0.3) is 0 Å². The average molecular weight is 142 g/mol. The van der Waals surface area contributed by atoms with Crippen molar-refractivity contribution in [2.45, 2.75) is 0 Å². The van der Waals surface area contributed by atoms with E-state index in [0.29, 0.717) is 5.76 Å². The zero-order valence-corrected chi connectivity index (χ0v) is 5.60. The molecule has 0 unspecified atom stereocenters. The first-order valence-electron chi connectivity index (χ1n) is 2.52. The Labute approximate surface area is 58.3 Å². The van der Waals surface area contributed by atoms with Crippen LogP contribution in [0, 0.1) is 0 Å². The standard InChI is InChI=1S/C6H6O2S/c7-5(4-9)6-2-1-3-8-6/h1-3,9H,4H2. The molecule has 3 heteroatoms. The summed E-state index contributed by atoms with van der Waals surface area (Å²) in [4.78, 5) is 10.7. The maximum Gasteiger partial charge on any atom is 0.207 e. The van der Waals surface area contributed by atoms with Crippen LogP contribution in [-0.4, -0.2) is 11.5 Å². The Morgan fingerprint density at radius 3 is 3.00 bits per heavy atom. The molecule has 9 heavy (non-hydrogen) atoms. The highest BCUT2D eigenvalue weighted by atomic mass is 32.1. The molecule has 0 amide bonds. The highest BCUT2D eigenvalue weighted by Crippen LogP contribution is 2.01. The number of rotatable bonds is 2. The minimum absolute atomic E-state index is 0.0802. The molecule has 0 N–H and O–H groups in total. The molecule has 0 spiro atoms. The van der Waals surface area contributed by atoms with Gasteiger partial charge in [-0.2, -0.15) is 12.6 Å². The van der Waals surface area contributed by atoms with E-state index in [9.17, 15) is 4.79 Å². The number of thiol groups is 1. The van der Waals surface area contributed by atoms with E-state index in [1.54, 1.807) is 12.1 Å². The van der Waals surface area contributed by atoms with Crippen LogP contribution < -0.4 is 0 Å². The van der Waals surface area contributed by atoms with Crippen LogP contribution in [0.4, 0.5) is 0 Å². The highest BCUT2D eigenvalue weighted by Gasteiger charge is 2.03. The van der Waals surface area contributed by atoms with Gasteiger partial charge >= 0.3 is 0 Å². The third kappa shape index (κ3) is 1.36. The molecule has 1 aromatic rings. The van der Waals surface area contributed by atoms with Crippen molar-refractivity contribution in [1.82, 2.24) is 0 Å². The minimum atomic E-state index is -0.0802. The van der Waals surface area contributed by atoms with Gasteiger partial charge in [0.1, 0.15) is 0 Å². The van der Waals surface area contributed by atoms with E-state index < -0.39 is 0 Å². The normalized spacial score (nSPS) is 9.44. The Morgan fingerprint density at radius 1 is 1.78 bits per heavy atom. The topological polar surface area (TPSA) is 30.2 Å². The van der Waals surface area contributed by atoms with Crippen molar-refractivity contribution in [1.29, 1.82) is 0 Å². The van der Waals surface area contributed by atoms with Crippen molar-refractivity contribution in [2.24, 2.45) is 0 Å². The first-order chi connectivity index (χ1) is 4.34. The van der Waals surface area contributed by atoms with Gasteiger partial charge in [0, 0.05) is 0 Å². The number of carbonyl (C=O) groups is 1. The number of furan rings is 1. The lowest BCUT2D eigenvalue weighted by Gasteiger charge is -1.85. The summed E-state index contributed by atoms with van der Waals surface area (Å²) in [6.07, 6.45) is 1.47. The second-order valence-electron chi connectivity index (χ2n) is 1.56. The van der Waals surface area contributed by atoms with Crippen molar-refractivity contribution in [3.63, 3.8) is 0 Å². The lowest BCUT2D eigenvalue weighted by atomic mass is 10.3. The van der Waals surface area contributed by atoms with Crippen LogP contribution in [0.15, 0.2) is 22.8 Å². The second kappa shape index (κ2) is 2.73. The van der Waals surface area contributed by atoms with Gasteiger partial charge in [0.05, 0.1) is 12.0 Å². The van der Waals surface area contributed by atoms with Crippen LogP contribution >= 0.6 is 12.6 Å². The van der Waals surface area contributed by atoms with E-state index in [2.05, 4.69) is 12.6 Å². The molecule has 0 radical (unpaired) electrons. The van der Waals surface area contributed by atoms with Gasteiger partial charge in [0.15, 0.2) is 5.76 Å². The molecule has 1 heterocycles. The van der Waals surface area contributed by atoms with Crippen molar-refractivity contribution in [3.05, 3.63) is 24.2 Å². The summed E-state index contributed by atoms with van der Waals surface area (Å²) in [5.74, 6) is 0.501. The highest BCUT2D eigenvalue weighted by molar-refractivity contribution is 7.81. The minimum Gasteiger partial charge on any atom is -0.461 e. The molecule has 0 saturated heterocycles. The lowest BCUT2D eigenvalue weighted by molar-refractivity contribution is 0.0992. The Kier molecular flexibility index (Phi) is 1.95. The van der Waals surface area contributed by atoms with E-state index in [4.69, 9.17) is 4.42 Å². The van der Waals surface area contributed by atoms with Gasteiger partial charge in [0.2, 0.25) is 5.78 Å². The molecule has 0 atom stereocenters. The Balaban J connectivity index is 2.77. The predicted octanol–water partition coefficient (Wildman–Crippen LogP) is 1.39. The second-order valence-corrected chi connectivity index (χ2v) is 1.87. The number of Topliss-reactive ketones (excluding diaryl/α,β-unsaturated/α-hetero) is 1. The predicted molar refractivity (Wildman–Crippen MR) is 36.9 cm³/mol. The van der Waals surface area contributed by atoms with Gasteiger partial charge in [-0.3, -0.25) is 4.79 Å². The third-order valence-electron chi connectivity index (χ3n) is 0.940. The van der Waals surface area contributed by atoms with Gasteiger partial charge < -0.3 is 4.42 Å². The molecule has 48 valence electrons. The summed E-state index contributed by atoms with van der Waals surface area (Å²) < 4.78 is 4.79. The molecule has 0 aliphatic carbocycles. The maximum absolute atomic E-state index is 10.7. The first-order valence-corrected chi connectivity index (χ1v) is 3.15. The van der Waals surface area contributed by atoms with Gasteiger partial charge in [-0.25, -0.2) is 0 Å². The molecule has 0 aromatic carbocycles. The lowest BCUT2D eigenvalue weighted by Crippen LogP contribution is -1.96. The van der Waals surface area contributed by atoms with Crippen LogP contribution in [-0.2, 0) is 0 Å². The number of hydrogen-bond donors (Lipinski definition) is 1.